The second-order valence-electron chi connectivity index (χ2n) is 9.58. The molecular weight excluding hydrogens is 475 g/mol. The van der Waals surface area contributed by atoms with Crippen molar-refractivity contribution in [1.29, 1.82) is 0 Å². The topological polar surface area (TPSA) is 0 Å². The highest BCUT2D eigenvalue weighted by Crippen LogP contribution is 2.55. The van der Waals surface area contributed by atoms with Crippen molar-refractivity contribution in [1.82, 2.24) is 0 Å². The molecule has 190 valence electrons. The van der Waals surface area contributed by atoms with E-state index in [9.17, 15) is 0 Å². The van der Waals surface area contributed by atoms with E-state index in [0.717, 1.165) is 31.8 Å². The molecule has 0 aromatic heterocycles. The van der Waals surface area contributed by atoms with Gasteiger partial charge < -0.3 is 12.4 Å². The van der Waals surface area contributed by atoms with E-state index in [1.54, 1.807) is 0 Å². The summed E-state index contributed by atoms with van der Waals surface area (Å²) >= 11 is 0. The van der Waals surface area contributed by atoms with Crippen LogP contribution in [0.4, 0.5) is 0 Å². The molecule has 36 heavy (non-hydrogen) atoms. The minimum absolute atomic E-state index is 0. The molecule has 0 spiro atoms. The molecule has 0 nitrogen and oxygen atoms in total. The number of rotatable bonds is 12. The molecule has 0 N–H and O–H groups in total. The summed E-state index contributed by atoms with van der Waals surface area (Å²) in [7, 11) is -1.78. The van der Waals surface area contributed by atoms with E-state index < -0.39 is 7.26 Å². The molecule has 0 amide bonds. The van der Waals surface area contributed by atoms with E-state index in [1.807, 2.05) is 0 Å². The van der Waals surface area contributed by atoms with Gasteiger partial charge in [0, 0.05) is 0 Å². The van der Waals surface area contributed by atoms with E-state index in [-0.39, 0.29) is 12.4 Å². The molecule has 0 saturated heterocycles. The third-order valence-electron chi connectivity index (χ3n) is 6.93. The summed E-state index contributed by atoms with van der Waals surface area (Å²) in [6.07, 6.45) is 14.2. The average Bonchev–Trinajstić information content (AvgIpc) is 2.91. The van der Waals surface area contributed by atoms with Gasteiger partial charge in [-0.1, -0.05) is 90.4 Å². The highest BCUT2D eigenvalue weighted by Gasteiger charge is 2.44. The van der Waals surface area contributed by atoms with Gasteiger partial charge in [-0.05, 0) is 95.3 Å². The third kappa shape index (κ3) is 8.33. The van der Waals surface area contributed by atoms with Crippen LogP contribution in [0.2, 0.25) is 0 Å². The van der Waals surface area contributed by atoms with Crippen LogP contribution in [0, 0.1) is 0 Å². The van der Waals surface area contributed by atoms with Crippen LogP contribution in [0.5, 0.6) is 0 Å². The SMILES string of the molecule is CC/C(C)=C/CC/C(C)=C/CC/C(C)=C/C[P+](c1ccccc1)(c1ccccc1)c1ccccc1.[Cl-]. The van der Waals surface area contributed by atoms with Gasteiger partial charge in [-0.25, -0.2) is 0 Å². The van der Waals surface area contributed by atoms with Crippen LogP contribution in [0.15, 0.2) is 126 Å². The molecule has 0 aliphatic carbocycles. The van der Waals surface area contributed by atoms with Gasteiger partial charge in [0.25, 0.3) is 0 Å². The first-order chi connectivity index (χ1) is 17.1. The quantitative estimate of drug-likeness (QED) is 0.211. The van der Waals surface area contributed by atoms with Crippen LogP contribution in [-0.2, 0) is 0 Å². The lowest BCUT2D eigenvalue weighted by Crippen LogP contribution is -3.00. The van der Waals surface area contributed by atoms with Crippen molar-refractivity contribution < 1.29 is 12.4 Å². The Hall–Kier alpha value is -2.40. The zero-order valence-corrected chi connectivity index (χ0v) is 24.1. The van der Waals surface area contributed by atoms with Gasteiger partial charge >= 0.3 is 0 Å². The summed E-state index contributed by atoms with van der Waals surface area (Å²) in [5.74, 6) is 0. The first kappa shape index (κ1) is 29.8. The fourth-order valence-electron chi connectivity index (χ4n) is 4.54. The first-order valence-corrected chi connectivity index (χ1v) is 15.1. The number of halogens is 1. The molecule has 0 fully saturated rings. The maximum absolute atomic E-state index is 2.53. The maximum Gasteiger partial charge on any atom is 0.115 e. The molecule has 3 aromatic rings. The molecule has 0 bridgehead atoms. The lowest BCUT2D eigenvalue weighted by molar-refractivity contribution is -0.00000726. The van der Waals surface area contributed by atoms with E-state index >= 15 is 0 Å². The van der Waals surface area contributed by atoms with Gasteiger partial charge in [0.05, 0.1) is 6.16 Å². The monoisotopic (exact) mass is 516 g/mol. The second-order valence-corrected chi connectivity index (χ2v) is 13.1. The molecule has 0 aliphatic heterocycles. The van der Waals surface area contributed by atoms with Crippen LogP contribution in [0.1, 0.15) is 59.8 Å². The number of hydrogen-bond acceptors (Lipinski definition) is 0. The van der Waals surface area contributed by atoms with Crippen molar-refractivity contribution in [2.75, 3.05) is 6.16 Å². The molecule has 0 saturated carbocycles. The van der Waals surface area contributed by atoms with Gasteiger partial charge in [0.2, 0.25) is 0 Å². The average molecular weight is 517 g/mol. The summed E-state index contributed by atoms with van der Waals surface area (Å²) in [5, 5.41) is 4.35. The second kappa shape index (κ2) is 15.7. The fourth-order valence-corrected chi connectivity index (χ4v) is 8.70. The third-order valence-corrected chi connectivity index (χ3v) is 11.2. The summed E-state index contributed by atoms with van der Waals surface area (Å²) < 4.78 is 0. The normalized spacial score (nSPS) is 12.8. The summed E-state index contributed by atoms with van der Waals surface area (Å²) in [6.45, 7) is 9.06. The van der Waals surface area contributed by atoms with Crippen LogP contribution in [0.25, 0.3) is 0 Å². The molecule has 0 atom stereocenters. The zero-order chi connectivity index (χ0) is 24.9. The van der Waals surface area contributed by atoms with E-state index in [0.29, 0.717) is 0 Å². The Bertz CT molecular complexity index is 1010. The summed E-state index contributed by atoms with van der Waals surface area (Å²) in [6, 6.07) is 33.5. The zero-order valence-electron chi connectivity index (χ0n) is 22.5. The Labute approximate surface area is 227 Å². The molecule has 0 heterocycles. The predicted octanol–water partition coefficient (Wildman–Crippen LogP) is 5.79. The number of benzene rings is 3. The van der Waals surface area contributed by atoms with Crippen molar-refractivity contribution in [3.63, 3.8) is 0 Å². The lowest BCUT2D eigenvalue weighted by Gasteiger charge is -2.27. The first-order valence-electron chi connectivity index (χ1n) is 13.1. The van der Waals surface area contributed by atoms with Gasteiger partial charge in [-0.15, -0.1) is 0 Å². The van der Waals surface area contributed by atoms with Crippen molar-refractivity contribution in [2.45, 2.75) is 59.8 Å². The molecule has 0 aliphatic rings. The molecule has 0 radical (unpaired) electrons. The van der Waals surface area contributed by atoms with Crippen molar-refractivity contribution in [3.8, 4) is 0 Å². The molecule has 3 rings (SSSR count). The minimum Gasteiger partial charge on any atom is -1.00 e. The largest absolute Gasteiger partial charge is 1.00 e. The highest BCUT2D eigenvalue weighted by atomic mass is 35.5. The number of hydrogen-bond donors (Lipinski definition) is 0. The van der Waals surface area contributed by atoms with E-state index in [1.165, 1.54) is 39.1 Å². The van der Waals surface area contributed by atoms with Crippen LogP contribution in [0.3, 0.4) is 0 Å². The van der Waals surface area contributed by atoms with Crippen LogP contribution < -0.4 is 28.3 Å². The predicted molar refractivity (Wildman–Crippen MR) is 160 cm³/mol. The van der Waals surface area contributed by atoms with Gasteiger partial charge in [0.1, 0.15) is 23.2 Å². The Morgan fingerprint density at radius 3 is 1.31 bits per heavy atom. The molecule has 0 unspecified atom stereocenters. The van der Waals surface area contributed by atoms with Crippen LogP contribution in [-0.4, -0.2) is 6.16 Å². The Morgan fingerprint density at radius 1 is 0.556 bits per heavy atom. The Morgan fingerprint density at radius 2 is 0.917 bits per heavy atom. The molecule has 2 heteroatoms. The van der Waals surface area contributed by atoms with Crippen molar-refractivity contribution >= 4 is 23.2 Å². The Kier molecular flexibility index (Phi) is 13.0. The molecule has 3 aromatic carbocycles. The van der Waals surface area contributed by atoms with Crippen molar-refractivity contribution in [2.24, 2.45) is 0 Å². The molecular formula is C34H42ClP. The summed E-state index contributed by atoms with van der Waals surface area (Å²) in [5.41, 5.74) is 4.50. The van der Waals surface area contributed by atoms with Crippen molar-refractivity contribution in [3.05, 3.63) is 126 Å². The fraction of sp³-hybridized carbons (Fsp3) is 0.294. The van der Waals surface area contributed by atoms with Gasteiger partial charge in [-0.2, -0.15) is 0 Å². The Balaban J connectivity index is 0.00000456. The standard InChI is InChI=1S/C34H42P.ClH/c1-5-29(2)17-15-18-30(3)19-16-20-31(4)27-28-35(32-21-9-6-10-22-32,33-23-11-7-12-24-33)34-25-13-8-14-26-34;/h6-14,17,19,21-27H,5,15-16,18,20,28H2,1-4H3;1H/q+1;/p-1/b29-17+,30-19+,31-27+;. The summed E-state index contributed by atoms with van der Waals surface area (Å²) in [4.78, 5) is 0. The maximum atomic E-state index is 2.53. The van der Waals surface area contributed by atoms with E-state index in [4.69, 9.17) is 0 Å². The van der Waals surface area contributed by atoms with Gasteiger partial charge in [0.15, 0.2) is 0 Å². The highest BCUT2D eigenvalue weighted by molar-refractivity contribution is 7.95. The smallest absolute Gasteiger partial charge is 0.115 e. The van der Waals surface area contributed by atoms with E-state index in [2.05, 4.69) is 137 Å². The van der Waals surface area contributed by atoms with Crippen LogP contribution >= 0.6 is 7.26 Å². The minimum atomic E-state index is -1.78. The number of allylic oxidation sites excluding steroid dienone is 6. The lowest BCUT2D eigenvalue weighted by atomic mass is 10.1. The van der Waals surface area contributed by atoms with Gasteiger partial charge in [-0.3, -0.25) is 0 Å².